The number of aromatic nitrogens is 3. The molecule has 0 unspecified atom stereocenters. The molecule has 0 bridgehead atoms. The molecule has 2 heterocycles. The van der Waals surface area contributed by atoms with Crippen LogP contribution in [0.15, 0.2) is 53.2 Å². The van der Waals surface area contributed by atoms with Crippen LogP contribution in [0.2, 0.25) is 0 Å². The highest BCUT2D eigenvalue weighted by Gasteiger charge is 2.09. The fraction of sp³-hybridized carbons (Fsp3) is 0. The number of benzene rings is 2. The summed E-state index contributed by atoms with van der Waals surface area (Å²) in [6, 6.07) is 16.2. The molecule has 86 valence electrons. The number of hydrogen-bond acceptors (Lipinski definition) is 3. The monoisotopic (exact) mass is 235 g/mol. The predicted octanol–water partition coefficient (Wildman–Crippen LogP) is 3.37. The van der Waals surface area contributed by atoms with E-state index in [1.54, 1.807) is 0 Å². The summed E-state index contributed by atoms with van der Waals surface area (Å²) >= 11 is 0. The Morgan fingerprint density at radius 1 is 0.944 bits per heavy atom. The van der Waals surface area contributed by atoms with Gasteiger partial charge in [0.1, 0.15) is 11.0 Å². The van der Waals surface area contributed by atoms with E-state index in [0.717, 1.165) is 33.2 Å². The maximum atomic E-state index is 4.77. The molecule has 1 N–H and O–H groups in total. The van der Waals surface area contributed by atoms with Gasteiger partial charge in [-0.25, -0.2) is 4.63 Å². The third kappa shape index (κ3) is 1.26. The molecule has 0 aliphatic rings. The fourth-order valence-electron chi connectivity index (χ4n) is 2.23. The topological polar surface area (TPSA) is 54.7 Å². The predicted molar refractivity (Wildman–Crippen MR) is 69.1 cm³/mol. The lowest BCUT2D eigenvalue weighted by Crippen LogP contribution is -1.74. The van der Waals surface area contributed by atoms with E-state index in [0.29, 0.717) is 0 Å². The molecule has 0 saturated carbocycles. The van der Waals surface area contributed by atoms with Gasteiger partial charge in [-0.2, -0.15) is 0 Å². The minimum atomic E-state index is 0.779. The number of nitrogens with zero attached hydrogens (tertiary/aromatic N) is 2. The minimum Gasteiger partial charge on any atom is -0.354 e. The van der Waals surface area contributed by atoms with Gasteiger partial charge in [-0.15, -0.1) is 0 Å². The number of H-pyrrole nitrogens is 1. The molecule has 0 aliphatic heterocycles. The van der Waals surface area contributed by atoms with Crippen molar-refractivity contribution in [1.82, 2.24) is 15.3 Å². The van der Waals surface area contributed by atoms with Crippen molar-refractivity contribution in [3.05, 3.63) is 48.5 Å². The summed E-state index contributed by atoms with van der Waals surface area (Å²) in [6.07, 6.45) is 0. The number of hydrogen-bond donors (Lipinski definition) is 1. The SMILES string of the molecule is c1ccc(-c2cc3c(ccc4nonc43)[nH]2)cc1. The normalized spacial score (nSPS) is 11.3. The first-order valence-electron chi connectivity index (χ1n) is 5.71. The lowest BCUT2D eigenvalue weighted by Gasteiger charge is -1.94. The van der Waals surface area contributed by atoms with Crippen LogP contribution in [0.4, 0.5) is 0 Å². The van der Waals surface area contributed by atoms with Crippen LogP contribution >= 0.6 is 0 Å². The third-order valence-electron chi connectivity index (χ3n) is 3.11. The Morgan fingerprint density at radius 3 is 2.72 bits per heavy atom. The Balaban J connectivity index is 2.04. The van der Waals surface area contributed by atoms with Gasteiger partial charge in [0.05, 0.1) is 0 Å². The summed E-state index contributed by atoms with van der Waals surface area (Å²) in [5, 5.41) is 8.83. The van der Waals surface area contributed by atoms with Gasteiger partial charge in [0.15, 0.2) is 0 Å². The molecule has 0 saturated heterocycles. The molecule has 0 fully saturated rings. The van der Waals surface area contributed by atoms with E-state index < -0.39 is 0 Å². The quantitative estimate of drug-likeness (QED) is 0.550. The van der Waals surface area contributed by atoms with Crippen LogP contribution in [0.3, 0.4) is 0 Å². The highest BCUT2D eigenvalue weighted by molar-refractivity contribution is 6.04. The van der Waals surface area contributed by atoms with Crippen LogP contribution < -0.4 is 0 Å². The first-order valence-corrected chi connectivity index (χ1v) is 5.71. The third-order valence-corrected chi connectivity index (χ3v) is 3.11. The lowest BCUT2D eigenvalue weighted by atomic mass is 10.1. The van der Waals surface area contributed by atoms with Crippen molar-refractivity contribution in [2.24, 2.45) is 0 Å². The molecule has 0 aliphatic carbocycles. The van der Waals surface area contributed by atoms with E-state index in [9.17, 15) is 0 Å². The van der Waals surface area contributed by atoms with Gasteiger partial charge >= 0.3 is 0 Å². The Morgan fingerprint density at radius 2 is 1.83 bits per heavy atom. The number of rotatable bonds is 1. The van der Waals surface area contributed by atoms with Crippen molar-refractivity contribution < 1.29 is 4.63 Å². The van der Waals surface area contributed by atoms with E-state index in [1.807, 2.05) is 30.3 Å². The second-order valence-electron chi connectivity index (χ2n) is 4.21. The average Bonchev–Trinajstić information content (AvgIpc) is 3.05. The minimum absolute atomic E-state index is 0.779. The van der Waals surface area contributed by atoms with Crippen LogP contribution in [-0.4, -0.2) is 15.3 Å². The van der Waals surface area contributed by atoms with Gasteiger partial charge in [-0.05, 0) is 34.1 Å². The van der Waals surface area contributed by atoms with E-state index in [-0.39, 0.29) is 0 Å². The zero-order chi connectivity index (χ0) is 11.9. The summed E-state index contributed by atoms with van der Waals surface area (Å²) < 4.78 is 4.77. The molecule has 4 heteroatoms. The Kier molecular flexibility index (Phi) is 1.80. The molecule has 18 heavy (non-hydrogen) atoms. The van der Waals surface area contributed by atoms with E-state index in [2.05, 4.69) is 33.5 Å². The Bertz CT molecular complexity index is 830. The second kappa shape index (κ2) is 3.43. The van der Waals surface area contributed by atoms with Gasteiger partial charge in [-0.3, -0.25) is 0 Å². The molecule has 0 atom stereocenters. The second-order valence-corrected chi connectivity index (χ2v) is 4.21. The first-order chi connectivity index (χ1) is 8.92. The molecule has 0 spiro atoms. The zero-order valence-corrected chi connectivity index (χ0v) is 9.42. The summed E-state index contributed by atoms with van der Waals surface area (Å²) in [5.74, 6) is 0. The summed E-state index contributed by atoms with van der Waals surface area (Å²) in [7, 11) is 0. The van der Waals surface area contributed by atoms with Gasteiger partial charge in [0.25, 0.3) is 0 Å². The molecule has 0 amide bonds. The standard InChI is InChI=1S/C14H9N3O/c1-2-4-9(5-3-1)13-8-10-11(15-13)6-7-12-14(10)17-18-16-12/h1-8,15H. The largest absolute Gasteiger partial charge is 0.354 e. The Labute approximate surface area is 102 Å². The summed E-state index contributed by atoms with van der Waals surface area (Å²) in [4.78, 5) is 3.38. The first kappa shape index (κ1) is 9.41. The van der Waals surface area contributed by atoms with E-state index >= 15 is 0 Å². The van der Waals surface area contributed by atoms with Gasteiger partial charge in [-0.1, -0.05) is 30.3 Å². The summed E-state index contributed by atoms with van der Waals surface area (Å²) in [6.45, 7) is 0. The van der Waals surface area contributed by atoms with E-state index in [4.69, 9.17) is 4.63 Å². The van der Waals surface area contributed by atoms with Crippen molar-refractivity contribution in [3.8, 4) is 11.3 Å². The smallest absolute Gasteiger partial charge is 0.144 e. The summed E-state index contributed by atoms with van der Waals surface area (Å²) in [5.41, 5.74) is 4.84. The molecule has 4 nitrogen and oxygen atoms in total. The molecular formula is C14H9N3O. The van der Waals surface area contributed by atoms with Crippen molar-refractivity contribution in [1.29, 1.82) is 0 Å². The maximum absolute atomic E-state index is 4.77. The zero-order valence-electron chi connectivity index (χ0n) is 9.42. The lowest BCUT2D eigenvalue weighted by molar-refractivity contribution is 0.316. The number of nitrogens with one attached hydrogen (secondary N) is 1. The average molecular weight is 235 g/mol. The molecule has 0 radical (unpaired) electrons. The van der Waals surface area contributed by atoms with Crippen LogP contribution in [-0.2, 0) is 0 Å². The molecule has 2 aromatic heterocycles. The van der Waals surface area contributed by atoms with Crippen LogP contribution in [0, 0.1) is 0 Å². The van der Waals surface area contributed by atoms with Crippen molar-refractivity contribution >= 4 is 21.9 Å². The fourth-order valence-corrected chi connectivity index (χ4v) is 2.23. The van der Waals surface area contributed by atoms with Crippen LogP contribution in [0.5, 0.6) is 0 Å². The highest BCUT2D eigenvalue weighted by atomic mass is 16.6. The van der Waals surface area contributed by atoms with Crippen molar-refractivity contribution in [3.63, 3.8) is 0 Å². The van der Waals surface area contributed by atoms with Gasteiger partial charge in [0, 0.05) is 16.6 Å². The Hall–Kier alpha value is -2.62. The highest BCUT2D eigenvalue weighted by Crippen LogP contribution is 2.28. The van der Waals surface area contributed by atoms with Crippen LogP contribution in [0.25, 0.3) is 33.2 Å². The molecule has 4 rings (SSSR count). The van der Waals surface area contributed by atoms with Gasteiger partial charge < -0.3 is 4.98 Å². The van der Waals surface area contributed by atoms with Crippen molar-refractivity contribution in [2.45, 2.75) is 0 Å². The van der Waals surface area contributed by atoms with E-state index in [1.165, 1.54) is 0 Å². The van der Waals surface area contributed by atoms with Gasteiger partial charge in [0.2, 0.25) is 0 Å². The van der Waals surface area contributed by atoms with Crippen LogP contribution in [0.1, 0.15) is 0 Å². The molecule has 4 aromatic rings. The number of fused-ring (bicyclic) bond motifs is 3. The van der Waals surface area contributed by atoms with Crippen molar-refractivity contribution in [2.75, 3.05) is 0 Å². The molecular weight excluding hydrogens is 226 g/mol. The molecule has 2 aromatic carbocycles. The maximum Gasteiger partial charge on any atom is 0.144 e. The number of aromatic amines is 1.